The van der Waals surface area contributed by atoms with Gasteiger partial charge < -0.3 is 10.2 Å². The molecule has 25 heavy (non-hydrogen) atoms. The van der Waals surface area contributed by atoms with Crippen LogP contribution in [0.4, 0.5) is 0 Å². The van der Waals surface area contributed by atoms with Gasteiger partial charge in [-0.25, -0.2) is 0 Å². The zero-order valence-electron chi connectivity index (χ0n) is 15.5. The molecule has 0 aliphatic heterocycles. The molecule has 0 fully saturated rings. The topological polar surface area (TPSA) is 50.2 Å². The summed E-state index contributed by atoms with van der Waals surface area (Å²) in [5.41, 5.74) is 4.33. The highest BCUT2D eigenvalue weighted by Crippen LogP contribution is 2.26. The summed E-state index contributed by atoms with van der Waals surface area (Å²) in [4.78, 5) is 14.2. The summed E-state index contributed by atoms with van der Waals surface area (Å²) < 4.78 is 2.06. The maximum Gasteiger partial charge on any atom is 0.274 e. The molecule has 1 unspecified atom stereocenters. The van der Waals surface area contributed by atoms with Gasteiger partial charge in [0.25, 0.3) is 5.91 Å². The lowest BCUT2D eigenvalue weighted by Gasteiger charge is -2.25. The summed E-state index contributed by atoms with van der Waals surface area (Å²) >= 11 is 0. The minimum Gasteiger partial charge on any atom is -0.343 e. The third-order valence-electron chi connectivity index (χ3n) is 4.83. The molecule has 5 nitrogen and oxygen atoms in total. The second kappa shape index (κ2) is 7.83. The van der Waals surface area contributed by atoms with E-state index in [0.717, 1.165) is 44.3 Å². The number of fused-ring (bicyclic) bond motifs is 1. The van der Waals surface area contributed by atoms with Gasteiger partial charge in [0.2, 0.25) is 0 Å². The third-order valence-corrected chi connectivity index (χ3v) is 4.83. The zero-order valence-corrected chi connectivity index (χ0v) is 15.5. The Hall–Kier alpha value is -2.14. The van der Waals surface area contributed by atoms with Gasteiger partial charge in [0.1, 0.15) is 0 Å². The lowest BCUT2D eigenvalue weighted by atomic mass is 9.91. The number of aromatic nitrogens is 2. The predicted molar refractivity (Wildman–Crippen MR) is 99.6 cm³/mol. The van der Waals surface area contributed by atoms with E-state index in [0.29, 0.717) is 11.7 Å². The first-order chi connectivity index (χ1) is 12.1. The number of amides is 1. The Morgan fingerprint density at radius 1 is 1.32 bits per heavy atom. The van der Waals surface area contributed by atoms with Crippen LogP contribution in [0.3, 0.4) is 0 Å². The quantitative estimate of drug-likeness (QED) is 0.879. The molecule has 0 saturated carbocycles. The Kier molecular flexibility index (Phi) is 5.53. The molecule has 0 radical (unpaired) electrons. The van der Waals surface area contributed by atoms with Crippen molar-refractivity contribution in [3.63, 3.8) is 0 Å². The van der Waals surface area contributed by atoms with Crippen molar-refractivity contribution in [3.05, 3.63) is 52.8 Å². The number of carbonyl (C=O) groups excluding carboxylic acids is 1. The van der Waals surface area contributed by atoms with Crippen molar-refractivity contribution in [3.8, 4) is 0 Å². The Labute approximate surface area is 150 Å². The zero-order chi connectivity index (χ0) is 17.8. The van der Waals surface area contributed by atoms with Gasteiger partial charge in [-0.05, 0) is 31.2 Å². The fourth-order valence-corrected chi connectivity index (χ4v) is 3.50. The van der Waals surface area contributed by atoms with Crippen LogP contribution in [0.2, 0.25) is 0 Å². The van der Waals surface area contributed by atoms with Gasteiger partial charge in [0.05, 0.1) is 0 Å². The van der Waals surface area contributed by atoms with Crippen LogP contribution in [-0.2, 0) is 25.9 Å². The molecule has 1 aromatic carbocycles. The van der Waals surface area contributed by atoms with Crippen LogP contribution in [0.15, 0.2) is 30.3 Å². The SMILES string of the molecule is CCCn1nc(C(=O)N(C)C)c2c1CCC(NCc1ccccc1)C2. The lowest BCUT2D eigenvalue weighted by molar-refractivity contribution is 0.0819. The van der Waals surface area contributed by atoms with Crippen LogP contribution in [0, 0.1) is 0 Å². The van der Waals surface area contributed by atoms with E-state index >= 15 is 0 Å². The highest BCUT2D eigenvalue weighted by molar-refractivity contribution is 5.93. The molecule has 2 aromatic rings. The minimum absolute atomic E-state index is 0.00909. The summed E-state index contributed by atoms with van der Waals surface area (Å²) in [5, 5.41) is 8.31. The molecule has 0 spiro atoms. The molecule has 1 N–H and O–H groups in total. The van der Waals surface area contributed by atoms with E-state index in [2.05, 4.69) is 46.3 Å². The smallest absolute Gasteiger partial charge is 0.274 e. The number of aryl methyl sites for hydroxylation is 1. The summed E-state index contributed by atoms with van der Waals surface area (Å²) in [6, 6.07) is 10.8. The molecule has 0 saturated heterocycles. The van der Waals surface area contributed by atoms with E-state index in [4.69, 9.17) is 0 Å². The number of nitrogens with one attached hydrogen (secondary N) is 1. The minimum atomic E-state index is 0.00909. The second-order valence-corrected chi connectivity index (χ2v) is 7.00. The fraction of sp³-hybridized carbons (Fsp3) is 0.500. The van der Waals surface area contributed by atoms with Gasteiger partial charge in [-0.2, -0.15) is 5.10 Å². The molecule has 1 aliphatic rings. The van der Waals surface area contributed by atoms with E-state index in [1.807, 2.05) is 6.07 Å². The Morgan fingerprint density at radius 2 is 2.08 bits per heavy atom. The molecule has 1 heterocycles. The van der Waals surface area contributed by atoms with Crippen LogP contribution in [0.1, 0.15) is 47.1 Å². The average molecular weight is 340 g/mol. The van der Waals surface area contributed by atoms with Crippen LogP contribution >= 0.6 is 0 Å². The number of hydrogen-bond donors (Lipinski definition) is 1. The van der Waals surface area contributed by atoms with E-state index in [-0.39, 0.29) is 5.91 Å². The number of carbonyl (C=O) groups is 1. The first-order valence-electron chi connectivity index (χ1n) is 9.17. The molecule has 0 bridgehead atoms. The predicted octanol–water partition coefficient (Wildman–Crippen LogP) is 2.64. The third kappa shape index (κ3) is 3.93. The molecule has 1 aliphatic carbocycles. The highest BCUT2D eigenvalue weighted by atomic mass is 16.2. The lowest BCUT2D eigenvalue weighted by Crippen LogP contribution is -2.35. The monoisotopic (exact) mass is 340 g/mol. The summed E-state index contributed by atoms with van der Waals surface area (Å²) in [6.07, 6.45) is 3.97. The Balaban J connectivity index is 1.77. The van der Waals surface area contributed by atoms with Crippen LogP contribution in [-0.4, -0.2) is 40.7 Å². The molecule has 1 amide bonds. The number of rotatable bonds is 6. The number of nitrogens with zero attached hydrogens (tertiary/aromatic N) is 3. The van der Waals surface area contributed by atoms with Crippen molar-refractivity contribution in [1.82, 2.24) is 20.0 Å². The van der Waals surface area contributed by atoms with Gasteiger partial charge >= 0.3 is 0 Å². The van der Waals surface area contributed by atoms with Crippen LogP contribution in [0.25, 0.3) is 0 Å². The maximum atomic E-state index is 12.5. The number of benzene rings is 1. The van der Waals surface area contributed by atoms with E-state index in [1.165, 1.54) is 11.3 Å². The van der Waals surface area contributed by atoms with E-state index < -0.39 is 0 Å². The molecule has 1 atom stereocenters. The van der Waals surface area contributed by atoms with Gasteiger partial charge in [0.15, 0.2) is 5.69 Å². The van der Waals surface area contributed by atoms with E-state index in [1.54, 1.807) is 19.0 Å². The summed E-state index contributed by atoms with van der Waals surface area (Å²) in [5.74, 6) is 0.00909. The molecule has 3 rings (SSSR count). The molecular weight excluding hydrogens is 312 g/mol. The Morgan fingerprint density at radius 3 is 2.76 bits per heavy atom. The first kappa shape index (κ1) is 17.7. The van der Waals surface area contributed by atoms with Crippen molar-refractivity contribution >= 4 is 5.91 Å². The van der Waals surface area contributed by atoms with Gasteiger partial charge in [-0.1, -0.05) is 37.3 Å². The van der Waals surface area contributed by atoms with Gasteiger partial charge in [-0.15, -0.1) is 0 Å². The first-order valence-corrected chi connectivity index (χ1v) is 9.17. The van der Waals surface area contributed by atoms with Crippen molar-refractivity contribution in [2.75, 3.05) is 14.1 Å². The van der Waals surface area contributed by atoms with Gasteiger partial charge in [0, 0.05) is 44.5 Å². The Bertz CT molecular complexity index is 721. The largest absolute Gasteiger partial charge is 0.343 e. The summed E-state index contributed by atoms with van der Waals surface area (Å²) in [7, 11) is 3.59. The molecule has 5 heteroatoms. The second-order valence-electron chi connectivity index (χ2n) is 7.00. The summed E-state index contributed by atoms with van der Waals surface area (Å²) in [6.45, 7) is 3.89. The fourth-order valence-electron chi connectivity index (χ4n) is 3.50. The van der Waals surface area contributed by atoms with Crippen LogP contribution < -0.4 is 5.32 Å². The normalized spacial score (nSPS) is 16.5. The van der Waals surface area contributed by atoms with Crippen molar-refractivity contribution in [2.24, 2.45) is 0 Å². The molecule has 134 valence electrons. The van der Waals surface area contributed by atoms with Crippen molar-refractivity contribution in [1.29, 1.82) is 0 Å². The van der Waals surface area contributed by atoms with Crippen LogP contribution in [0.5, 0.6) is 0 Å². The van der Waals surface area contributed by atoms with Crippen molar-refractivity contribution < 1.29 is 4.79 Å². The van der Waals surface area contributed by atoms with E-state index in [9.17, 15) is 4.79 Å². The average Bonchev–Trinajstić information content (AvgIpc) is 2.98. The molecular formula is C20H28N4O. The highest BCUT2D eigenvalue weighted by Gasteiger charge is 2.29. The molecule has 1 aromatic heterocycles. The van der Waals surface area contributed by atoms with Gasteiger partial charge in [-0.3, -0.25) is 9.48 Å². The maximum absolute atomic E-state index is 12.5. The number of hydrogen-bond acceptors (Lipinski definition) is 3. The van der Waals surface area contributed by atoms with Crippen molar-refractivity contribution in [2.45, 2.75) is 51.7 Å². The standard InChI is InChI=1S/C20H28N4O/c1-4-12-24-18-11-10-16(21-14-15-8-6-5-7-9-15)13-17(18)19(22-24)20(25)23(2)3/h5-9,16,21H,4,10-14H2,1-3H3.